The van der Waals surface area contributed by atoms with E-state index in [1.807, 2.05) is 11.8 Å². The van der Waals surface area contributed by atoms with Crippen LogP contribution < -0.4 is 4.90 Å². The lowest BCUT2D eigenvalue weighted by atomic mass is 10.2. The topological polar surface area (TPSA) is 66.7 Å². The fourth-order valence-electron chi connectivity index (χ4n) is 2.55. The van der Waals surface area contributed by atoms with Gasteiger partial charge in [-0.25, -0.2) is 4.39 Å². The molecule has 1 amide bonds. The van der Waals surface area contributed by atoms with E-state index in [9.17, 15) is 19.3 Å². The Bertz CT molecular complexity index is 557. The second kappa shape index (κ2) is 7.20. The fraction of sp³-hybridized carbons (Fsp3) is 0.533. The van der Waals surface area contributed by atoms with Crippen molar-refractivity contribution in [2.75, 3.05) is 31.1 Å². The van der Waals surface area contributed by atoms with Gasteiger partial charge in [0.2, 0.25) is 5.91 Å². The summed E-state index contributed by atoms with van der Waals surface area (Å²) in [5, 5.41) is 10.6. The highest BCUT2D eigenvalue weighted by Gasteiger charge is 2.23. The molecule has 0 N–H and O–H groups in total. The van der Waals surface area contributed by atoms with Crippen LogP contribution in [0.1, 0.15) is 26.2 Å². The number of rotatable bonds is 5. The monoisotopic (exact) mass is 309 g/mol. The normalized spacial score (nSPS) is 15.0. The van der Waals surface area contributed by atoms with Crippen LogP contribution in [0.2, 0.25) is 0 Å². The first-order valence-electron chi connectivity index (χ1n) is 7.49. The van der Waals surface area contributed by atoms with Crippen molar-refractivity contribution in [1.29, 1.82) is 0 Å². The molecule has 1 aromatic rings. The van der Waals surface area contributed by atoms with Crippen molar-refractivity contribution in [3.05, 3.63) is 34.1 Å². The van der Waals surface area contributed by atoms with Crippen molar-refractivity contribution in [3.8, 4) is 0 Å². The van der Waals surface area contributed by atoms with Crippen molar-refractivity contribution in [2.24, 2.45) is 0 Å². The predicted octanol–water partition coefficient (Wildman–Crippen LogP) is 2.57. The maximum Gasteiger partial charge on any atom is 0.272 e. The highest BCUT2D eigenvalue weighted by atomic mass is 19.1. The van der Waals surface area contributed by atoms with Gasteiger partial charge < -0.3 is 9.80 Å². The number of carbonyl (C=O) groups excluding carboxylic acids is 1. The van der Waals surface area contributed by atoms with Crippen LogP contribution in [0.4, 0.5) is 15.8 Å². The van der Waals surface area contributed by atoms with E-state index in [4.69, 9.17) is 0 Å². The lowest BCUT2D eigenvalue weighted by molar-refractivity contribution is -0.385. The molecule has 0 spiro atoms. The Morgan fingerprint density at radius 3 is 2.55 bits per heavy atom. The van der Waals surface area contributed by atoms with Gasteiger partial charge in [0.25, 0.3) is 5.69 Å². The third kappa shape index (κ3) is 3.72. The summed E-state index contributed by atoms with van der Waals surface area (Å²) in [6.45, 7) is 4.22. The van der Waals surface area contributed by atoms with Crippen molar-refractivity contribution in [3.63, 3.8) is 0 Å². The Balaban J connectivity index is 1.97. The molecule has 120 valence electrons. The number of non-ortho nitro benzene ring substituents is 1. The Morgan fingerprint density at radius 1 is 1.32 bits per heavy atom. The Labute approximate surface area is 128 Å². The first-order valence-corrected chi connectivity index (χ1v) is 7.49. The molecule has 1 fully saturated rings. The molecule has 0 aromatic heterocycles. The minimum atomic E-state index is -0.614. The van der Waals surface area contributed by atoms with E-state index in [1.54, 1.807) is 4.90 Å². The van der Waals surface area contributed by atoms with E-state index in [0.29, 0.717) is 38.3 Å². The first-order chi connectivity index (χ1) is 10.5. The number of unbranched alkanes of at least 4 members (excludes halogenated alkanes) is 1. The molecule has 1 saturated heterocycles. The molecular weight excluding hydrogens is 289 g/mol. The lowest BCUT2D eigenvalue weighted by Gasteiger charge is -2.36. The molecule has 6 nitrogen and oxygen atoms in total. The SMILES string of the molecule is CCCCC(=O)N1CCN(c2ccc([N+](=O)[O-])cc2F)CC1. The van der Waals surface area contributed by atoms with E-state index in [-0.39, 0.29) is 11.6 Å². The van der Waals surface area contributed by atoms with Gasteiger partial charge in [-0.05, 0) is 12.5 Å². The zero-order valence-corrected chi connectivity index (χ0v) is 12.6. The molecule has 0 radical (unpaired) electrons. The number of halogens is 1. The number of nitro groups is 1. The molecule has 1 aliphatic rings. The Hall–Kier alpha value is -2.18. The van der Waals surface area contributed by atoms with E-state index in [1.165, 1.54) is 12.1 Å². The highest BCUT2D eigenvalue weighted by Crippen LogP contribution is 2.25. The van der Waals surface area contributed by atoms with Crippen molar-refractivity contribution >= 4 is 17.3 Å². The van der Waals surface area contributed by atoms with Crippen LogP contribution in [-0.4, -0.2) is 41.9 Å². The second-order valence-corrected chi connectivity index (χ2v) is 5.36. The van der Waals surface area contributed by atoms with Gasteiger partial charge in [0.1, 0.15) is 0 Å². The third-order valence-corrected chi connectivity index (χ3v) is 3.86. The number of amides is 1. The zero-order valence-electron chi connectivity index (χ0n) is 12.6. The number of anilines is 1. The maximum absolute atomic E-state index is 14.0. The highest BCUT2D eigenvalue weighted by molar-refractivity contribution is 5.76. The predicted molar refractivity (Wildman–Crippen MR) is 81.4 cm³/mol. The molecule has 0 aliphatic carbocycles. The van der Waals surface area contributed by atoms with Gasteiger partial charge in [-0.2, -0.15) is 0 Å². The molecule has 0 bridgehead atoms. The lowest BCUT2D eigenvalue weighted by Crippen LogP contribution is -2.49. The largest absolute Gasteiger partial charge is 0.366 e. The van der Waals surface area contributed by atoms with Gasteiger partial charge in [0, 0.05) is 38.7 Å². The summed E-state index contributed by atoms with van der Waals surface area (Å²) >= 11 is 0. The Morgan fingerprint density at radius 2 is 2.00 bits per heavy atom. The first kappa shape index (κ1) is 16.2. The van der Waals surface area contributed by atoms with E-state index < -0.39 is 10.7 Å². The fourth-order valence-corrected chi connectivity index (χ4v) is 2.55. The van der Waals surface area contributed by atoms with Crippen LogP contribution in [0.3, 0.4) is 0 Å². The summed E-state index contributed by atoms with van der Waals surface area (Å²) in [7, 11) is 0. The van der Waals surface area contributed by atoms with Gasteiger partial charge in [0.05, 0.1) is 16.7 Å². The molecule has 0 unspecified atom stereocenters. The minimum Gasteiger partial charge on any atom is -0.366 e. The number of piperazine rings is 1. The molecule has 22 heavy (non-hydrogen) atoms. The van der Waals surface area contributed by atoms with E-state index in [2.05, 4.69) is 0 Å². The second-order valence-electron chi connectivity index (χ2n) is 5.36. The van der Waals surface area contributed by atoms with Gasteiger partial charge in [-0.15, -0.1) is 0 Å². The number of nitrogens with zero attached hydrogens (tertiary/aromatic N) is 3. The molecule has 1 aliphatic heterocycles. The molecule has 1 aromatic carbocycles. The van der Waals surface area contributed by atoms with Gasteiger partial charge in [0.15, 0.2) is 5.82 Å². The number of nitro benzene ring substituents is 1. The third-order valence-electron chi connectivity index (χ3n) is 3.86. The van der Waals surface area contributed by atoms with Crippen LogP contribution in [0.5, 0.6) is 0 Å². The Kier molecular flexibility index (Phi) is 5.30. The number of hydrogen-bond donors (Lipinski definition) is 0. The summed E-state index contributed by atoms with van der Waals surface area (Å²) in [6, 6.07) is 3.67. The molecule has 0 atom stereocenters. The van der Waals surface area contributed by atoms with Gasteiger partial charge in [-0.3, -0.25) is 14.9 Å². The minimum absolute atomic E-state index is 0.144. The summed E-state index contributed by atoms with van der Waals surface area (Å²) in [5.74, 6) is -0.453. The van der Waals surface area contributed by atoms with Crippen molar-refractivity contribution < 1.29 is 14.1 Å². The van der Waals surface area contributed by atoms with Gasteiger partial charge >= 0.3 is 0 Å². The maximum atomic E-state index is 14.0. The van der Waals surface area contributed by atoms with Crippen molar-refractivity contribution in [2.45, 2.75) is 26.2 Å². The standard InChI is InChI=1S/C15H20FN3O3/c1-2-3-4-15(20)18-9-7-17(8-10-18)14-6-5-12(19(21)22)11-13(14)16/h5-6,11H,2-4,7-10H2,1H3. The average molecular weight is 309 g/mol. The molecular formula is C15H20FN3O3. The number of hydrogen-bond acceptors (Lipinski definition) is 4. The van der Waals surface area contributed by atoms with E-state index >= 15 is 0 Å². The molecule has 7 heteroatoms. The van der Waals surface area contributed by atoms with Crippen molar-refractivity contribution in [1.82, 2.24) is 4.90 Å². The molecule has 1 heterocycles. The van der Waals surface area contributed by atoms with Crippen LogP contribution in [0.15, 0.2) is 18.2 Å². The summed E-state index contributed by atoms with van der Waals surface area (Å²) < 4.78 is 14.0. The van der Waals surface area contributed by atoms with Crippen LogP contribution >= 0.6 is 0 Å². The van der Waals surface area contributed by atoms with Crippen LogP contribution in [-0.2, 0) is 4.79 Å². The van der Waals surface area contributed by atoms with Gasteiger partial charge in [-0.1, -0.05) is 13.3 Å². The molecule has 2 rings (SSSR count). The van der Waals surface area contributed by atoms with E-state index in [0.717, 1.165) is 18.9 Å². The molecule has 0 saturated carbocycles. The quantitative estimate of drug-likeness (QED) is 0.619. The summed E-state index contributed by atoms with van der Waals surface area (Å²) in [5.41, 5.74) is 0.0980. The zero-order chi connectivity index (χ0) is 16.1. The average Bonchev–Trinajstić information content (AvgIpc) is 2.52. The summed E-state index contributed by atoms with van der Waals surface area (Å²) in [6.07, 6.45) is 2.43. The number of carbonyl (C=O) groups is 1. The van der Waals surface area contributed by atoms with Crippen LogP contribution in [0, 0.1) is 15.9 Å². The summed E-state index contributed by atoms with van der Waals surface area (Å²) in [4.78, 5) is 25.6. The number of benzene rings is 1. The van der Waals surface area contributed by atoms with Crippen LogP contribution in [0.25, 0.3) is 0 Å². The smallest absolute Gasteiger partial charge is 0.272 e.